The van der Waals surface area contributed by atoms with E-state index in [-0.39, 0.29) is 17.2 Å². The first-order valence-corrected chi connectivity index (χ1v) is 7.99. The van der Waals surface area contributed by atoms with Crippen LogP contribution in [-0.4, -0.2) is 30.3 Å². The highest BCUT2D eigenvalue weighted by atomic mass is 32.2. The number of benzene rings is 1. The second kappa shape index (κ2) is 7.36. The molecule has 1 aromatic rings. The number of thioether (sulfide) groups is 1. The van der Waals surface area contributed by atoms with Gasteiger partial charge in [0.05, 0.1) is 12.4 Å². The van der Waals surface area contributed by atoms with Gasteiger partial charge in [-0.2, -0.15) is 0 Å². The van der Waals surface area contributed by atoms with Crippen LogP contribution in [0.2, 0.25) is 0 Å². The molecule has 1 aliphatic carbocycles. The van der Waals surface area contributed by atoms with Crippen LogP contribution in [0, 0.1) is 0 Å². The van der Waals surface area contributed by atoms with Gasteiger partial charge in [0.15, 0.2) is 0 Å². The smallest absolute Gasteiger partial charge is 0.321 e. The normalized spacial score (nSPS) is 15.1. The third kappa shape index (κ3) is 5.30. The highest BCUT2D eigenvalue weighted by Crippen LogP contribution is 2.21. The summed E-state index contributed by atoms with van der Waals surface area (Å²) in [6.45, 7) is 1.80. The largest absolute Gasteiger partial charge is 0.497 e. The number of methoxy groups -OCH3 is 1. The molecular formula is C15H20N2O3S. The topological polar surface area (TPSA) is 67.4 Å². The summed E-state index contributed by atoms with van der Waals surface area (Å²) in [5.41, 5.74) is 1.08. The zero-order valence-corrected chi connectivity index (χ0v) is 13.0. The van der Waals surface area contributed by atoms with Crippen LogP contribution in [0.4, 0.5) is 4.79 Å². The van der Waals surface area contributed by atoms with Gasteiger partial charge in [0.1, 0.15) is 5.75 Å². The van der Waals surface area contributed by atoms with Crippen LogP contribution < -0.4 is 15.4 Å². The van der Waals surface area contributed by atoms with E-state index in [0.29, 0.717) is 5.75 Å². The Morgan fingerprint density at radius 1 is 1.43 bits per heavy atom. The Bertz CT molecular complexity index is 517. The number of carbonyl (C=O) groups excluding carboxylic acids is 2. The minimum absolute atomic E-state index is 0.248. The highest BCUT2D eigenvalue weighted by molar-refractivity contribution is 7.99. The molecule has 2 rings (SSSR count). The molecular weight excluding hydrogens is 288 g/mol. The number of hydrogen-bond donors (Lipinski definition) is 2. The second-order valence-corrected chi connectivity index (χ2v) is 6.37. The van der Waals surface area contributed by atoms with Gasteiger partial charge >= 0.3 is 6.03 Å². The number of urea groups is 1. The van der Waals surface area contributed by atoms with E-state index >= 15 is 0 Å². The molecule has 1 fully saturated rings. The van der Waals surface area contributed by atoms with E-state index in [1.165, 1.54) is 11.8 Å². The van der Waals surface area contributed by atoms with Gasteiger partial charge in [0.2, 0.25) is 5.91 Å². The van der Waals surface area contributed by atoms with Gasteiger partial charge in [-0.25, -0.2) is 4.79 Å². The van der Waals surface area contributed by atoms with Gasteiger partial charge in [-0.3, -0.25) is 10.1 Å². The van der Waals surface area contributed by atoms with E-state index in [2.05, 4.69) is 10.6 Å². The molecule has 3 amide bonds. The Balaban J connectivity index is 1.75. The number of amides is 3. The molecule has 1 atom stereocenters. The Morgan fingerprint density at radius 3 is 2.86 bits per heavy atom. The molecule has 114 valence electrons. The SMILES string of the molecule is COc1cccc(CS[C@H](C)C(=O)NC(=O)NC2CC2)c1. The van der Waals surface area contributed by atoms with E-state index in [9.17, 15) is 9.59 Å². The Hall–Kier alpha value is -1.69. The zero-order valence-electron chi connectivity index (χ0n) is 12.2. The fraction of sp³-hybridized carbons (Fsp3) is 0.467. The van der Waals surface area contributed by atoms with Crippen molar-refractivity contribution in [1.82, 2.24) is 10.6 Å². The van der Waals surface area contributed by atoms with Crippen molar-refractivity contribution in [1.29, 1.82) is 0 Å². The van der Waals surface area contributed by atoms with Gasteiger partial charge in [-0.15, -0.1) is 11.8 Å². The van der Waals surface area contributed by atoms with Crippen LogP contribution in [-0.2, 0) is 10.5 Å². The van der Waals surface area contributed by atoms with Crippen LogP contribution >= 0.6 is 11.8 Å². The van der Waals surface area contributed by atoms with E-state index in [4.69, 9.17) is 4.74 Å². The first-order chi connectivity index (χ1) is 10.1. The molecule has 2 N–H and O–H groups in total. The lowest BCUT2D eigenvalue weighted by Gasteiger charge is -2.12. The van der Waals surface area contributed by atoms with E-state index < -0.39 is 6.03 Å². The predicted molar refractivity (Wildman–Crippen MR) is 83.4 cm³/mol. The fourth-order valence-corrected chi connectivity index (χ4v) is 2.55. The fourth-order valence-electron chi connectivity index (χ4n) is 1.72. The molecule has 0 saturated heterocycles. The number of rotatable bonds is 6. The molecule has 21 heavy (non-hydrogen) atoms. The Morgan fingerprint density at radius 2 is 2.19 bits per heavy atom. The minimum Gasteiger partial charge on any atom is -0.497 e. The first kappa shape index (κ1) is 15.7. The number of ether oxygens (including phenoxy) is 1. The monoisotopic (exact) mass is 308 g/mol. The molecule has 1 aliphatic rings. The molecule has 1 aromatic carbocycles. The van der Waals surface area contributed by atoms with Crippen molar-refractivity contribution in [3.05, 3.63) is 29.8 Å². The maximum Gasteiger partial charge on any atom is 0.321 e. The van der Waals surface area contributed by atoms with Crippen molar-refractivity contribution in [2.75, 3.05) is 7.11 Å². The standard InChI is InChI=1S/C15H20N2O3S/c1-10(14(18)17-15(19)16-12-6-7-12)21-9-11-4-3-5-13(8-11)20-2/h3-5,8,10,12H,6-7,9H2,1-2H3,(H2,16,17,18,19)/t10-/m1/s1. The summed E-state index contributed by atoms with van der Waals surface area (Å²) in [7, 11) is 1.63. The van der Waals surface area contributed by atoms with E-state index in [1.807, 2.05) is 24.3 Å². The van der Waals surface area contributed by atoms with E-state index in [0.717, 1.165) is 24.2 Å². The molecule has 0 radical (unpaired) electrons. The predicted octanol–water partition coefficient (Wildman–Crippen LogP) is 2.31. The third-order valence-corrected chi connectivity index (χ3v) is 4.37. The molecule has 0 unspecified atom stereocenters. The molecule has 0 heterocycles. The highest BCUT2D eigenvalue weighted by Gasteiger charge is 2.25. The van der Waals surface area contributed by atoms with Gasteiger partial charge in [-0.1, -0.05) is 12.1 Å². The number of carbonyl (C=O) groups is 2. The lowest BCUT2D eigenvalue weighted by molar-refractivity contribution is -0.119. The van der Waals surface area contributed by atoms with Crippen molar-refractivity contribution < 1.29 is 14.3 Å². The van der Waals surface area contributed by atoms with Crippen LogP contribution in [0.3, 0.4) is 0 Å². The second-order valence-electron chi connectivity index (χ2n) is 5.04. The summed E-state index contributed by atoms with van der Waals surface area (Å²) < 4.78 is 5.16. The molecule has 0 bridgehead atoms. The maximum absolute atomic E-state index is 11.9. The summed E-state index contributed by atoms with van der Waals surface area (Å²) in [6, 6.07) is 7.58. The molecule has 6 heteroatoms. The summed E-state index contributed by atoms with van der Waals surface area (Å²) >= 11 is 1.49. The van der Waals surface area contributed by atoms with Crippen molar-refractivity contribution in [3.63, 3.8) is 0 Å². The quantitative estimate of drug-likeness (QED) is 0.846. The van der Waals surface area contributed by atoms with Crippen molar-refractivity contribution in [2.24, 2.45) is 0 Å². The van der Waals surface area contributed by atoms with Crippen molar-refractivity contribution in [2.45, 2.75) is 36.8 Å². The molecule has 0 spiro atoms. The first-order valence-electron chi connectivity index (χ1n) is 6.94. The Kier molecular flexibility index (Phi) is 5.50. The van der Waals surface area contributed by atoms with Crippen LogP contribution in [0.25, 0.3) is 0 Å². The van der Waals surface area contributed by atoms with Crippen molar-refractivity contribution in [3.8, 4) is 5.75 Å². The zero-order chi connectivity index (χ0) is 15.2. The van der Waals surface area contributed by atoms with Gasteiger partial charge in [0.25, 0.3) is 0 Å². The Labute approximate surface area is 128 Å². The number of hydrogen-bond acceptors (Lipinski definition) is 4. The van der Waals surface area contributed by atoms with Gasteiger partial charge in [-0.05, 0) is 37.5 Å². The third-order valence-electron chi connectivity index (χ3n) is 3.15. The van der Waals surface area contributed by atoms with Crippen LogP contribution in [0.5, 0.6) is 5.75 Å². The summed E-state index contributed by atoms with van der Waals surface area (Å²) in [6.07, 6.45) is 2.00. The number of imide groups is 1. The lowest BCUT2D eigenvalue weighted by atomic mass is 10.2. The van der Waals surface area contributed by atoms with Gasteiger partial charge in [0, 0.05) is 11.8 Å². The lowest BCUT2D eigenvalue weighted by Crippen LogP contribution is -2.43. The average molecular weight is 308 g/mol. The maximum atomic E-state index is 11.9. The molecule has 0 aliphatic heterocycles. The average Bonchev–Trinajstić information content (AvgIpc) is 3.28. The molecule has 0 aromatic heterocycles. The van der Waals surface area contributed by atoms with Gasteiger partial charge < -0.3 is 10.1 Å². The molecule has 5 nitrogen and oxygen atoms in total. The minimum atomic E-state index is -0.392. The molecule has 1 saturated carbocycles. The summed E-state index contributed by atoms with van der Waals surface area (Å²) in [5, 5.41) is 4.82. The summed E-state index contributed by atoms with van der Waals surface area (Å²) in [5.74, 6) is 1.23. The van der Waals surface area contributed by atoms with Crippen LogP contribution in [0.15, 0.2) is 24.3 Å². The van der Waals surface area contributed by atoms with Crippen molar-refractivity contribution >= 4 is 23.7 Å². The summed E-state index contributed by atoms with van der Waals surface area (Å²) in [4.78, 5) is 23.4. The number of nitrogens with one attached hydrogen (secondary N) is 2. The van der Waals surface area contributed by atoms with Crippen LogP contribution in [0.1, 0.15) is 25.3 Å². The van der Waals surface area contributed by atoms with E-state index in [1.54, 1.807) is 14.0 Å².